The minimum absolute atomic E-state index is 0.0870. The molecule has 2 rings (SSSR count). The molecule has 0 bridgehead atoms. The highest BCUT2D eigenvalue weighted by Gasteiger charge is 2.74. The summed E-state index contributed by atoms with van der Waals surface area (Å²) in [6.45, 7) is 4.09. The van der Waals surface area contributed by atoms with Gasteiger partial charge in [-0.2, -0.15) is 0 Å². The molecule has 3 atom stereocenters. The Hall–Kier alpha value is -1.06. The largest absolute Gasteiger partial charge is 0.509 e. The van der Waals surface area contributed by atoms with Crippen LogP contribution in [-0.4, -0.2) is 24.1 Å². The third-order valence-corrected chi connectivity index (χ3v) is 3.71. The lowest BCUT2D eigenvalue weighted by molar-refractivity contribution is -0.130. The van der Waals surface area contributed by atoms with Crippen molar-refractivity contribution in [2.75, 3.05) is 6.61 Å². The van der Waals surface area contributed by atoms with E-state index in [0.717, 1.165) is 19.3 Å². The van der Waals surface area contributed by atoms with Crippen LogP contribution in [0.15, 0.2) is 0 Å². The van der Waals surface area contributed by atoms with Crippen LogP contribution >= 0.6 is 0 Å². The van der Waals surface area contributed by atoms with E-state index in [-0.39, 0.29) is 24.2 Å². The topological polar surface area (TPSA) is 52.6 Å². The lowest BCUT2D eigenvalue weighted by Gasteiger charge is -2.14. The first kappa shape index (κ1) is 11.4. The van der Waals surface area contributed by atoms with Gasteiger partial charge in [-0.05, 0) is 19.8 Å². The minimum atomic E-state index is -0.803. The van der Waals surface area contributed by atoms with Crippen LogP contribution in [0.5, 0.6) is 0 Å². The maximum absolute atomic E-state index is 11.8. The van der Waals surface area contributed by atoms with Crippen molar-refractivity contribution in [3.63, 3.8) is 0 Å². The van der Waals surface area contributed by atoms with E-state index in [1.54, 1.807) is 6.92 Å². The normalized spacial score (nSPS) is 35.8. The zero-order valence-electron chi connectivity index (χ0n) is 9.82. The Balaban J connectivity index is 2.04. The molecule has 3 unspecified atom stereocenters. The summed E-state index contributed by atoms with van der Waals surface area (Å²) in [6, 6.07) is 0. The van der Waals surface area contributed by atoms with Gasteiger partial charge in [0.1, 0.15) is 0 Å². The van der Waals surface area contributed by atoms with Gasteiger partial charge in [-0.25, -0.2) is 4.79 Å². The first-order chi connectivity index (χ1) is 7.66. The molecule has 0 aromatic rings. The van der Waals surface area contributed by atoms with Crippen LogP contribution in [0.2, 0.25) is 0 Å². The van der Waals surface area contributed by atoms with E-state index in [0.29, 0.717) is 6.42 Å². The predicted octanol–water partition coefficient (Wildman–Crippen LogP) is 2.31. The van der Waals surface area contributed by atoms with Gasteiger partial charge in [0.25, 0.3) is 0 Å². The van der Waals surface area contributed by atoms with Crippen LogP contribution in [0.25, 0.3) is 0 Å². The number of Topliss-reactive ketones (excluding diaryl/α,β-unsaturated/α-hetero) is 1. The van der Waals surface area contributed by atoms with Gasteiger partial charge in [-0.1, -0.05) is 13.3 Å². The first-order valence-corrected chi connectivity index (χ1v) is 6.05. The minimum Gasteiger partial charge on any atom is -0.435 e. The standard InChI is InChI=1S/C12H18O4/c1-3-5-8-9-6-7-10(13)12(8,9)16-11(14)15-4-2/h8-9H,3-7H2,1-2H3. The summed E-state index contributed by atoms with van der Waals surface area (Å²) in [5.74, 6) is 0.580. The van der Waals surface area contributed by atoms with Gasteiger partial charge >= 0.3 is 6.16 Å². The fourth-order valence-electron chi connectivity index (χ4n) is 3.04. The van der Waals surface area contributed by atoms with Crippen LogP contribution in [0, 0.1) is 11.8 Å². The number of carbonyl (C=O) groups is 2. The SMILES string of the molecule is CCCC1C2CCC(=O)C12OC(=O)OCC. The molecule has 4 heteroatoms. The van der Waals surface area contributed by atoms with Crippen LogP contribution in [-0.2, 0) is 14.3 Å². The second kappa shape index (κ2) is 4.07. The molecule has 2 aliphatic carbocycles. The molecule has 0 aromatic carbocycles. The molecule has 0 aliphatic heterocycles. The number of carbonyl (C=O) groups excluding carboxylic acids is 2. The predicted molar refractivity (Wildman–Crippen MR) is 57.0 cm³/mol. The molecular weight excluding hydrogens is 208 g/mol. The first-order valence-electron chi connectivity index (χ1n) is 6.05. The highest BCUT2D eigenvalue weighted by Crippen LogP contribution is 2.63. The third-order valence-electron chi connectivity index (χ3n) is 3.71. The number of rotatable bonds is 4. The maximum Gasteiger partial charge on any atom is 0.509 e. The molecular formula is C12H18O4. The van der Waals surface area contributed by atoms with Crippen molar-refractivity contribution in [2.24, 2.45) is 11.8 Å². The second-order valence-electron chi connectivity index (χ2n) is 4.54. The van der Waals surface area contributed by atoms with Gasteiger partial charge in [0, 0.05) is 18.3 Å². The Morgan fingerprint density at radius 1 is 1.50 bits per heavy atom. The summed E-state index contributed by atoms with van der Waals surface area (Å²) in [5, 5.41) is 0. The molecule has 0 N–H and O–H groups in total. The summed E-state index contributed by atoms with van der Waals surface area (Å²) >= 11 is 0. The van der Waals surface area contributed by atoms with Crippen LogP contribution in [0.4, 0.5) is 4.79 Å². The molecule has 2 fully saturated rings. The molecule has 0 aromatic heterocycles. The van der Waals surface area contributed by atoms with Crippen molar-refractivity contribution in [3.8, 4) is 0 Å². The van der Waals surface area contributed by atoms with Gasteiger partial charge in [0.2, 0.25) is 0 Å². The molecule has 0 amide bonds. The van der Waals surface area contributed by atoms with E-state index in [4.69, 9.17) is 9.47 Å². The third kappa shape index (κ3) is 1.51. The highest BCUT2D eigenvalue weighted by molar-refractivity contribution is 5.95. The lowest BCUT2D eigenvalue weighted by Crippen LogP contribution is -2.30. The number of hydrogen-bond donors (Lipinski definition) is 0. The van der Waals surface area contributed by atoms with Gasteiger partial charge < -0.3 is 9.47 Å². The van der Waals surface area contributed by atoms with Crippen molar-refractivity contribution < 1.29 is 19.1 Å². The maximum atomic E-state index is 11.8. The van der Waals surface area contributed by atoms with Crippen molar-refractivity contribution in [3.05, 3.63) is 0 Å². The number of hydrogen-bond acceptors (Lipinski definition) is 4. The summed E-state index contributed by atoms with van der Waals surface area (Å²) in [6.07, 6.45) is 2.69. The molecule has 16 heavy (non-hydrogen) atoms. The van der Waals surface area contributed by atoms with E-state index in [2.05, 4.69) is 6.92 Å². The Kier molecular flexibility index (Phi) is 2.91. The van der Waals surface area contributed by atoms with E-state index in [1.165, 1.54) is 0 Å². The van der Waals surface area contributed by atoms with Gasteiger partial charge in [0.15, 0.2) is 11.4 Å². The van der Waals surface area contributed by atoms with Crippen molar-refractivity contribution in [1.29, 1.82) is 0 Å². The molecule has 0 heterocycles. The quantitative estimate of drug-likeness (QED) is 0.690. The fraction of sp³-hybridized carbons (Fsp3) is 0.833. The average molecular weight is 226 g/mol. The molecule has 0 saturated heterocycles. The van der Waals surface area contributed by atoms with Crippen molar-refractivity contribution in [1.82, 2.24) is 0 Å². The molecule has 4 nitrogen and oxygen atoms in total. The van der Waals surface area contributed by atoms with E-state index < -0.39 is 11.8 Å². The highest BCUT2D eigenvalue weighted by atomic mass is 16.7. The molecule has 2 saturated carbocycles. The molecule has 2 aliphatic rings. The Bertz CT molecular complexity index is 312. The van der Waals surface area contributed by atoms with Crippen molar-refractivity contribution >= 4 is 11.9 Å². The average Bonchev–Trinajstić information content (AvgIpc) is 2.70. The van der Waals surface area contributed by atoms with Crippen molar-refractivity contribution in [2.45, 2.75) is 45.1 Å². The zero-order chi connectivity index (χ0) is 11.8. The van der Waals surface area contributed by atoms with Gasteiger partial charge in [-0.15, -0.1) is 0 Å². The zero-order valence-corrected chi connectivity index (χ0v) is 9.82. The van der Waals surface area contributed by atoms with Gasteiger partial charge in [-0.3, -0.25) is 4.79 Å². The molecule has 90 valence electrons. The number of ether oxygens (including phenoxy) is 2. The summed E-state index contributed by atoms with van der Waals surface area (Å²) in [7, 11) is 0. The monoisotopic (exact) mass is 226 g/mol. The lowest BCUT2D eigenvalue weighted by atomic mass is 10.1. The molecule has 0 radical (unpaired) electrons. The smallest absolute Gasteiger partial charge is 0.435 e. The summed E-state index contributed by atoms with van der Waals surface area (Å²) in [5.41, 5.74) is -0.803. The van der Waals surface area contributed by atoms with E-state index in [9.17, 15) is 9.59 Å². The fourth-order valence-corrected chi connectivity index (χ4v) is 3.04. The van der Waals surface area contributed by atoms with E-state index in [1.807, 2.05) is 0 Å². The van der Waals surface area contributed by atoms with Crippen LogP contribution < -0.4 is 0 Å². The van der Waals surface area contributed by atoms with Gasteiger partial charge in [0.05, 0.1) is 6.61 Å². The summed E-state index contributed by atoms with van der Waals surface area (Å²) < 4.78 is 10.0. The number of fused-ring (bicyclic) bond motifs is 1. The van der Waals surface area contributed by atoms with E-state index >= 15 is 0 Å². The van der Waals surface area contributed by atoms with Crippen LogP contribution in [0.3, 0.4) is 0 Å². The Labute approximate surface area is 95.3 Å². The Morgan fingerprint density at radius 3 is 2.88 bits per heavy atom. The Morgan fingerprint density at radius 2 is 2.25 bits per heavy atom. The second-order valence-corrected chi connectivity index (χ2v) is 4.54. The number of ketones is 1. The van der Waals surface area contributed by atoms with Crippen LogP contribution in [0.1, 0.15) is 39.5 Å². The molecule has 0 spiro atoms. The summed E-state index contributed by atoms with van der Waals surface area (Å²) in [4.78, 5) is 23.2.